The van der Waals surface area contributed by atoms with Gasteiger partial charge in [0.05, 0.1) is 19.3 Å². The van der Waals surface area contributed by atoms with Crippen LogP contribution in [0.4, 0.5) is 4.39 Å². The largest absolute Gasteiger partial charge is 0.335 e. The van der Waals surface area contributed by atoms with E-state index in [1.165, 1.54) is 11.8 Å². The van der Waals surface area contributed by atoms with Gasteiger partial charge in [-0.3, -0.25) is 9.48 Å². The fourth-order valence-electron chi connectivity index (χ4n) is 1.93. The Hall–Kier alpha value is -1.39. The second-order valence-electron chi connectivity index (χ2n) is 5.29. The minimum atomic E-state index is -1.21. The Morgan fingerprint density at radius 3 is 2.71 bits per heavy atom. The molecule has 0 aliphatic carbocycles. The molecular weight excluding hydrogens is 221 g/mol. The topological polar surface area (TPSA) is 38.1 Å². The van der Waals surface area contributed by atoms with Crippen LogP contribution in [0.1, 0.15) is 32.3 Å². The summed E-state index contributed by atoms with van der Waals surface area (Å²) in [5, 5.41) is 4.13. The summed E-state index contributed by atoms with van der Waals surface area (Å²) >= 11 is 0. The van der Waals surface area contributed by atoms with Gasteiger partial charge in [-0.05, 0) is 18.4 Å². The summed E-state index contributed by atoms with van der Waals surface area (Å²) in [4.78, 5) is 13.3. The van der Waals surface area contributed by atoms with Crippen molar-refractivity contribution >= 4 is 5.91 Å². The fraction of sp³-hybridized carbons (Fsp3) is 0.667. The molecule has 2 heterocycles. The fourth-order valence-corrected chi connectivity index (χ4v) is 1.93. The van der Waals surface area contributed by atoms with Gasteiger partial charge in [-0.2, -0.15) is 5.10 Å². The number of likely N-dealkylation sites (tertiary alicyclic amines) is 1. The Kier molecular flexibility index (Phi) is 2.93. The summed E-state index contributed by atoms with van der Waals surface area (Å²) in [6, 6.07) is 0. The molecule has 0 bridgehead atoms. The molecule has 94 valence electrons. The van der Waals surface area contributed by atoms with Crippen LogP contribution in [0.25, 0.3) is 0 Å². The number of aromatic nitrogens is 2. The zero-order valence-corrected chi connectivity index (χ0v) is 10.5. The number of rotatable bonds is 3. The first-order chi connectivity index (χ1) is 7.87. The predicted octanol–water partition coefficient (Wildman–Crippen LogP) is 1.58. The van der Waals surface area contributed by atoms with E-state index >= 15 is 0 Å². The molecule has 5 heteroatoms. The first-order valence-corrected chi connectivity index (χ1v) is 5.86. The average Bonchev–Trinajstić information content (AvgIpc) is 2.62. The van der Waals surface area contributed by atoms with E-state index in [0.29, 0.717) is 5.92 Å². The molecule has 1 aliphatic rings. The summed E-state index contributed by atoms with van der Waals surface area (Å²) in [6.45, 7) is 6.26. The lowest BCUT2D eigenvalue weighted by Gasteiger charge is -2.42. The Morgan fingerprint density at radius 1 is 1.59 bits per heavy atom. The van der Waals surface area contributed by atoms with Crippen LogP contribution in [0.15, 0.2) is 12.4 Å². The van der Waals surface area contributed by atoms with Crippen LogP contribution in [-0.4, -0.2) is 39.3 Å². The van der Waals surface area contributed by atoms with E-state index < -0.39 is 5.67 Å². The summed E-state index contributed by atoms with van der Waals surface area (Å²) in [5.74, 6) is 0.329. The van der Waals surface area contributed by atoms with Gasteiger partial charge in [-0.15, -0.1) is 0 Å². The van der Waals surface area contributed by atoms with Gasteiger partial charge in [0.15, 0.2) is 0 Å². The van der Waals surface area contributed by atoms with Crippen LogP contribution in [0.2, 0.25) is 0 Å². The van der Waals surface area contributed by atoms with Crippen LogP contribution in [0.3, 0.4) is 0 Å². The third kappa shape index (κ3) is 2.65. The molecule has 0 N–H and O–H groups in total. The molecule has 0 radical (unpaired) electrons. The summed E-state index contributed by atoms with van der Waals surface area (Å²) < 4.78 is 14.9. The molecule has 17 heavy (non-hydrogen) atoms. The molecule has 4 nitrogen and oxygen atoms in total. The SMILES string of the molecule is CC(C)c1cnn(CC(=O)N2CC(C)(F)C2)c1. The van der Waals surface area contributed by atoms with Crippen molar-refractivity contribution in [3.63, 3.8) is 0 Å². The minimum Gasteiger partial charge on any atom is -0.335 e. The van der Waals surface area contributed by atoms with Crippen LogP contribution >= 0.6 is 0 Å². The van der Waals surface area contributed by atoms with Crippen molar-refractivity contribution in [2.45, 2.75) is 38.9 Å². The number of alkyl halides is 1. The third-order valence-electron chi connectivity index (χ3n) is 3.01. The van der Waals surface area contributed by atoms with Crippen molar-refractivity contribution in [1.29, 1.82) is 0 Å². The van der Waals surface area contributed by atoms with E-state index in [4.69, 9.17) is 0 Å². The Morgan fingerprint density at radius 2 is 2.24 bits per heavy atom. The standard InChI is InChI=1S/C12H18FN3O/c1-9(2)10-4-14-16(5-10)6-11(17)15-7-12(3,13)8-15/h4-5,9H,6-8H2,1-3H3. The van der Waals surface area contributed by atoms with Gasteiger partial charge >= 0.3 is 0 Å². The zero-order chi connectivity index (χ0) is 12.6. The lowest BCUT2D eigenvalue weighted by molar-refractivity contribution is -0.144. The van der Waals surface area contributed by atoms with Crippen molar-refractivity contribution < 1.29 is 9.18 Å². The van der Waals surface area contributed by atoms with Crippen molar-refractivity contribution in [2.75, 3.05) is 13.1 Å². The number of nitrogens with zero attached hydrogens (tertiary/aromatic N) is 3. The molecule has 0 atom stereocenters. The van der Waals surface area contributed by atoms with E-state index in [1.807, 2.05) is 6.20 Å². The molecule has 1 fully saturated rings. The summed E-state index contributed by atoms with van der Waals surface area (Å²) in [6.07, 6.45) is 3.64. The second kappa shape index (κ2) is 4.13. The quantitative estimate of drug-likeness (QED) is 0.803. The molecule has 0 unspecified atom stereocenters. The first kappa shape index (κ1) is 12.1. The highest BCUT2D eigenvalue weighted by Crippen LogP contribution is 2.24. The maximum Gasteiger partial charge on any atom is 0.244 e. The second-order valence-corrected chi connectivity index (χ2v) is 5.29. The smallest absolute Gasteiger partial charge is 0.244 e. The van der Waals surface area contributed by atoms with Crippen molar-refractivity contribution in [3.8, 4) is 0 Å². The highest BCUT2D eigenvalue weighted by atomic mass is 19.1. The van der Waals surface area contributed by atoms with Gasteiger partial charge in [0.25, 0.3) is 0 Å². The third-order valence-corrected chi connectivity index (χ3v) is 3.01. The lowest BCUT2D eigenvalue weighted by Crippen LogP contribution is -2.59. The highest BCUT2D eigenvalue weighted by Gasteiger charge is 2.41. The molecule has 2 rings (SSSR count). The maximum atomic E-state index is 13.2. The molecule has 1 saturated heterocycles. The van der Waals surface area contributed by atoms with Gasteiger partial charge in [0.1, 0.15) is 12.2 Å². The van der Waals surface area contributed by atoms with E-state index in [2.05, 4.69) is 18.9 Å². The average molecular weight is 239 g/mol. The summed E-state index contributed by atoms with van der Waals surface area (Å²) in [7, 11) is 0. The monoisotopic (exact) mass is 239 g/mol. The van der Waals surface area contributed by atoms with Crippen molar-refractivity contribution in [1.82, 2.24) is 14.7 Å². The number of hydrogen-bond donors (Lipinski definition) is 0. The van der Waals surface area contributed by atoms with Crippen molar-refractivity contribution in [3.05, 3.63) is 18.0 Å². The number of carbonyl (C=O) groups excluding carboxylic acids is 1. The Labute approximate surface area is 100 Å². The normalized spacial score (nSPS) is 18.3. The van der Waals surface area contributed by atoms with E-state index in [0.717, 1.165) is 5.56 Å². The van der Waals surface area contributed by atoms with Crippen LogP contribution < -0.4 is 0 Å². The molecule has 1 aromatic heterocycles. The molecular formula is C12H18FN3O. The first-order valence-electron chi connectivity index (χ1n) is 5.86. The van der Waals surface area contributed by atoms with Gasteiger partial charge in [-0.25, -0.2) is 4.39 Å². The van der Waals surface area contributed by atoms with Crippen LogP contribution in [-0.2, 0) is 11.3 Å². The van der Waals surface area contributed by atoms with Gasteiger partial charge in [-0.1, -0.05) is 13.8 Å². The van der Waals surface area contributed by atoms with Crippen LogP contribution in [0, 0.1) is 0 Å². The minimum absolute atomic E-state index is 0.0708. The van der Waals surface area contributed by atoms with Gasteiger partial charge in [0, 0.05) is 6.20 Å². The van der Waals surface area contributed by atoms with Crippen LogP contribution in [0.5, 0.6) is 0 Å². The van der Waals surface area contributed by atoms with Crippen molar-refractivity contribution in [2.24, 2.45) is 0 Å². The number of amides is 1. The Balaban J connectivity index is 1.90. The molecule has 0 saturated carbocycles. The van der Waals surface area contributed by atoms with Gasteiger partial charge in [0.2, 0.25) is 5.91 Å². The molecule has 1 aromatic rings. The number of hydrogen-bond acceptors (Lipinski definition) is 2. The number of halogens is 1. The van der Waals surface area contributed by atoms with E-state index in [9.17, 15) is 9.18 Å². The summed E-state index contributed by atoms with van der Waals surface area (Å²) in [5.41, 5.74) is -0.0974. The number of carbonyl (C=O) groups is 1. The molecule has 1 aliphatic heterocycles. The molecule has 0 spiro atoms. The van der Waals surface area contributed by atoms with Gasteiger partial charge < -0.3 is 4.90 Å². The van der Waals surface area contributed by atoms with E-state index in [-0.39, 0.29) is 25.5 Å². The molecule has 0 aromatic carbocycles. The zero-order valence-electron chi connectivity index (χ0n) is 10.5. The van der Waals surface area contributed by atoms with E-state index in [1.54, 1.807) is 10.9 Å². The molecule has 1 amide bonds. The maximum absolute atomic E-state index is 13.2. The lowest BCUT2D eigenvalue weighted by atomic mass is 9.99. The highest BCUT2D eigenvalue weighted by molar-refractivity contribution is 5.77. The Bertz CT molecular complexity index is 417. The predicted molar refractivity (Wildman–Crippen MR) is 62.4 cm³/mol.